The highest BCUT2D eigenvalue weighted by molar-refractivity contribution is 7.85. The Kier molecular flexibility index (Phi) is 5.10. The second kappa shape index (κ2) is 7.04. The Morgan fingerprint density at radius 2 is 1.78 bits per heavy atom. The molecule has 6 N–H and O–H groups in total. The van der Waals surface area contributed by atoms with E-state index < -0.39 is 22.5 Å². The van der Waals surface area contributed by atoms with Gasteiger partial charge in [0.15, 0.2) is 0 Å². The van der Waals surface area contributed by atoms with Crippen LogP contribution in [0, 0.1) is 0 Å². The number of hydrogen-bond donors (Lipinski definition) is 6. The van der Waals surface area contributed by atoms with E-state index in [0.29, 0.717) is 5.69 Å². The molecule has 23 heavy (non-hydrogen) atoms. The fraction of sp³-hybridized carbons (Fsp3) is 0.182. The molecule has 0 amide bonds. The van der Waals surface area contributed by atoms with E-state index in [1.54, 1.807) is 0 Å². The smallest absolute Gasteiger partial charge is 0.350 e. The summed E-state index contributed by atoms with van der Waals surface area (Å²) in [7, 11) is -4.23. The first-order valence-electron chi connectivity index (χ1n) is 6.27. The van der Waals surface area contributed by atoms with Crippen molar-refractivity contribution >= 4 is 27.7 Å². The van der Waals surface area contributed by atoms with Crippen LogP contribution < -0.4 is 21.6 Å². The van der Waals surface area contributed by atoms with Gasteiger partial charge in [0.1, 0.15) is 6.73 Å². The third-order valence-electron chi connectivity index (χ3n) is 2.59. The number of aliphatic hydroxyl groups excluding tert-OH is 1. The summed E-state index contributed by atoms with van der Waals surface area (Å²) in [6.45, 7) is -0.252. The maximum atomic E-state index is 11.3. The first kappa shape index (κ1) is 16.7. The first-order chi connectivity index (χ1) is 10.9. The van der Waals surface area contributed by atoms with Gasteiger partial charge in [0.05, 0.1) is 11.6 Å². The fourth-order valence-electron chi connectivity index (χ4n) is 1.59. The monoisotopic (exact) mass is 342 g/mol. The van der Waals surface area contributed by atoms with Crippen molar-refractivity contribution in [1.82, 2.24) is 15.0 Å². The van der Waals surface area contributed by atoms with Crippen LogP contribution in [-0.2, 0) is 10.1 Å². The van der Waals surface area contributed by atoms with Gasteiger partial charge >= 0.3 is 5.69 Å². The Morgan fingerprint density at radius 1 is 1.09 bits per heavy atom. The minimum absolute atomic E-state index is 0.0340. The zero-order chi connectivity index (χ0) is 16.9. The summed E-state index contributed by atoms with van der Waals surface area (Å²) in [6.07, 6.45) is 0. The normalized spacial score (nSPS) is 11.0. The molecule has 1 aromatic heterocycles. The molecule has 124 valence electrons. The molecule has 0 radical (unpaired) electrons. The second-order valence-corrected chi connectivity index (χ2v) is 5.61. The largest absolute Gasteiger partial charge is 0.376 e. The Bertz CT molecular complexity index is 820. The van der Waals surface area contributed by atoms with Crippen molar-refractivity contribution in [3.63, 3.8) is 0 Å². The number of anilines is 3. The van der Waals surface area contributed by atoms with Gasteiger partial charge in [0, 0.05) is 5.69 Å². The maximum absolute atomic E-state index is 11.3. The predicted molar refractivity (Wildman–Crippen MR) is 81.7 cm³/mol. The fourth-order valence-corrected chi connectivity index (χ4v) is 2.07. The Balaban J connectivity index is 1.96. The Morgan fingerprint density at radius 3 is 2.39 bits per heavy atom. The van der Waals surface area contributed by atoms with Gasteiger partial charge in [0.2, 0.25) is 11.9 Å². The van der Waals surface area contributed by atoms with Crippen molar-refractivity contribution in [1.29, 1.82) is 0 Å². The van der Waals surface area contributed by atoms with Crippen LogP contribution in [0.15, 0.2) is 34.0 Å². The van der Waals surface area contributed by atoms with E-state index in [1.165, 1.54) is 24.3 Å². The van der Waals surface area contributed by atoms with Crippen LogP contribution in [-0.4, -0.2) is 46.4 Å². The number of benzene rings is 1. The van der Waals surface area contributed by atoms with Gasteiger partial charge in [-0.05, 0) is 24.3 Å². The van der Waals surface area contributed by atoms with Crippen molar-refractivity contribution in [2.24, 2.45) is 0 Å². The number of nitrogens with zero attached hydrogens (tertiary/aromatic N) is 2. The lowest BCUT2D eigenvalue weighted by Crippen LogP contribution is -2.21. The zero-order valence-electron chi connectivity index (χ0n) is 11.6. The molecular formula is C11H14N6O5S. The molecule has 2 rings (SSSR count). The summed E-state index contributed by atoms with van der Waals surface area (Å²) in [4.78, 5) is 20.8. The van der Waals surface area contributed by atoms with Gasteiger partial charge in [-0.3, -0.25) is 9.54 Å². The van der Waals surface area contributed by atoms with E-state index in [2.05, 4.69) is 30.9 Å². The zero-order valence-corrected chi connectivity index (χ0v) is 12.5. The first-order valence-corrected chi connectivity index (χ1v) is 7.71. The van der Waals surface area contributed by atoms with Crippen LogP contribution in [0.5, 0.6) is 0 Å². The molecule has 0 atom stereocenters. The molecule has 0 aliphatic heterocycles. The number of aromatic nitrogens is 3. The predicted octanol–water partition coefficient (Wildman–Crippen LogP) is -0.745. The average molecular weight is 342 g/mol. The quantitative estimate of drug-likeness (QED) is 0.278. The number of aliphatic hydroxyl groups is 1. The highest BCUT2D eigenvalue weighted by Gasteiger charge is 2.08. The standard InChI is InChI=1S/C11H14N6O5S/c18-6-14-10-15-9(16-11(19)17-10)13-5-12-7-1-3-8(4-2-7)23(20,21)22/h1-4,12,18H,5-6H2,(H,20,21,22)(H3,13,14,15,16,17,19). The van der Waals surface area contributed by atoms with Gasteiger partial charge < -0.3 is 21.1 Å². The molecule has 0 spiro atoms. The van der Waals surface area contributed by atoms with Crippen LogP contribution in [0.3, 0.4) is 0 Å². The molecule has 0 aliphatic rings. The molecule has 1 aromatic carbocycles. The van der Waals surface area contributed by atoms with Gasteiger partial charge in [-0.15, -0.1) is 0 Å². The molecule has 0 saturated carbocycles. The number of nitrogens with one attached hydrogen (secondary N) is 4. The molecule has 0 unspecified atom stereocenters. The topological polar surface area (TPSA) is 169 Å². The van der Waals surface area contributed by atoms with Gasteiger partial charge in [0.25, 0.3) is 10.1 Å². The Labute approximate surface area is 130 Å². The van der Waals surface area contributed by atoms with Crippen molar-refractivity contribution in [3.05, 3.63) is 34.7 Å². The summed E-state index contributed by atoms with van der Waals surface area (Å²) < 4.78 is 30.7. The summed E-state index contributed by atoms with van der Waals surface area (Å²) in [5.41, 5.74) is -0.0700. The lowest BCUT2D eigenvalue weighted by atomic mass is 10.3. The summed E-state index contributed by atoms with van der Waals surface area (Å²) >= 11 is 0. The van der Waals surface area contributed by atoms with Crippen molar-refractivity contribution < 1.29 is 18.1 Å². The SMILES string of the molecule is O=c1nc(NCNc2ccc(S(=O)(=O)O)cc2)nc(NCO)[nH]1. The lowest BCUT2D eigenvalue weighted by molar-refractivity contribution is 0.324. The van der Waals surface area contributed by atoms with E-state index in [4.69, 9.17) is 9.66 Å². The highest BCUT2D eigenvalue weighted by Crippen LogP contribution is 2.13. The van der Waals surface area contributed by atoms with Crippen LogP contribution in [0.25, 0.3) is 0 Å². The van der Waals surface area contributed by atoms with Crippen LogP contribution >= 0.6 is 0 Å². The molecule has 11 nitrogen and oxygen atoms in total. The summed E-state index contributed by atoms with van der Waals surface area (Å²) in [5, 5.41) is 16.8. The maximum Gasteiger partial charge on any atom is 0.350 e. The molecule has 0 aliphatic carbocycles. The van der Waals surface area contributed by atoms with Crippen LogP contribution in [0.4, 0.5) is 17.6 Å². The minimum Gasteiger partial charge on any atom is -0.376 e. The van der Waals surface area contributed by atoms with Gasteiger partial charge in [-0.2, -0.15) is 18.4 Å². The molecule has 12 heteroatoms. The van der Waals surface area contributed by atoms with Crippen molar-refractivity contribution in [3.8, 4) is 0 Å². The summed E-state index contributed by atoms with van der Waals surface area (Å²) in [5.74, 6) is 0.0965. The number of aromatic amines is 1. The lowest BCUT2D eigenvalue weighted by Gasteiger charge is -2.09. The van der Waals surface area contributed by atoms with Crippen molar-refractivity contribution in [2.45, 2.75) is 4.90 Å². The molecule has 0 saturated heterocycles. The molecule has 1 heterocycles. The van der Waals surface area contributed by atoms with E-state index in [-0.39, 0.29) is 23.5 Å². The van der Waals surface area contributed by atoms with Gasteiger partial charge in [-0.1, -0.05) is 0 Å². The van der Waals surface area contributed by atoms with Crippen molar-refractivity contribution in [2.75, 3.05) is 29.3 Å². The number of H-pyrrole nitrogens is 1. The molecule has 0 fully saturated rings. The minimum atomic E-state index is -4.23. The van der Waals surface area contributed by atoms with E-state index >= 15 is 0 Å². The Hall–Kier alpha value is -2.70. The molecule has 2 aromatic rings. The number of hydrogen-bond acceptors (Lipinski definition) is 9. The number of rotatable bonds is 7. The molecule has 0 bridgehead atoms. The average Bonchev–Trinajstić information content (AvgIpc) is 2.46. The van der Waals surface area contributed by atoms with Gasteiger partial charge in [-0.25, -0.2) is 4.79 Å². The highest BCUT2D eigenvalue weighted by atomic mass is 32.2. The van der Waals surface area contributed by atoms with Crippen LogP contribution in [0.1, 0.15) is 0 Å². The third-order valence-corrected chi connectivity index (χ3v) is 3.46. The van der Waals surface area contributed by atoms with E-state index in [9.17, 15) is 13.2 Å². The third kappa shape index (κ3) is 4.91. The van der Waals surface area contributed by atoms with E-state index in [0.717, 1.165) is 0 Å². The summed E-state index contributed by atoms with van der Waals surface area (Å²) in [6, 6.07) is 5.40. The van der Waals surface area contributed by atoms with Crippen LogP contribution in [0.2, 0.25) is 0 Å². The molecular weight excluding hydrogens is 328 g/mol. The second-order valence-electron chi connectivity index (χ2n) is 4.19. The van der Waals surface area contributed by atoms with E-state index in [1.807, 2.05) is 0 Å².